The Kier molecular flexibility index (Phi) is 7.47. The first kappa shape index (κ1) is 25.8. The van der Waals surface area contributed by atoms with Crippen molar-refractivity contribution in [1.29, 1.82) is 5.26 Å². The zero-order valence-corrected chi connectivity index (χ0v) is 21.2. The summed E-state index contributed by atoms with van der Waals surface area (Å²) < 4.78 is 35.4. The number of para-hydroxylation sites is 2. The monoisotopic (exact) mass is 518 g/mol. The molecule has 0 amide bonds. The van der Waals surface area contributed by atoms with Crippen molar-refractivity contribution in [2.45, 2.75) is 24.8 Å². The fourth-order valence-electron chi connectivity index (χ4n) is 3.94. The minimum Gasteiger partial charge on any atom is -0.507 e. The third kappa shape index (κ3) is 5.28. The fraction of sp³-hybridized carbons (Fsp3) is 0.185. The van der Waals surface area contributed by atoms with E-state index >= 15 is 0 Å². The summed E-state index contributed by atoms with van der Waals surface area (Å²) in [5.41, 5.74) is 2.97. The molecule has 0 saturated heterocycles. The maximum absolute atomic E-state index is 13.5. The summed E-state index contributed by atoms with van der Waals surface area (Å²) in [5, 5.41) is 34.3. The molecule has 0 unspecified atom stereocenters. The van der Waals surface area contributed by atoms with Crippen LogP contribution in [0.3, 0.4) is 0 Å². The van der Waals surface area contributed by atoms with Crippen molar-refractivity contribution in [2.75, 3.05) is 13.7 Å². The van der Waals surface area contributed by atoms with E-state index in [1.165, 1.54) is 13.1 Å². The van der Waals surface area contributed by atoms with E-state index in [4.69, 9.17) is 10.00 Å². The number of phenolic OH excluding ortho intramolecular Hbond substituents is 2. The van der Waals surface area contributed by atoms with Crippen molar-refractivity contribution in [1.82, 2.24) is 14.1 Å². The van der Waals surface area contributed by atoms with Crippen LogP contribution in [-0.4, -0.2) is 46.4 Å². The summed E-state index contributed by atoms with van der Waals surface area (Å²) in [4.78, 5) is -0.358. The smallest absolute Gasteiger partial charge is 0.246 e. The molecule has 10 heteroatoms. The van der Waals surface area contributed by atoms with Crippen LogP contribution < -0.4 is 4.74 Å². The van der Waals surface area contributed by atoms with Gasteiger partial charge in [-0.2, -0.15) is 14.7 Å². The van der Waals surface area contributed by atoms with Gasteiger partial charge in [-0.05, 0) is 36.8 Å². The molecule has 0 saturated carbocycles. The number of hydrogen-bond acceptors (Lipinski definition) is 7. The first-order valence-electron chi connectivity index (χ1n) is 11.4. The SMILES string of the molecule is Cc1ccccc1-n1nccc1-c1cc(S(=O)(=O)N(C)Cc2ccccc2OCCC#N)c(O)cc1O. The van der Waals surface area contributed by atoms with Crippen LogP contribution in [0.1, 0.15) is 17.5 Å². The van der Waals surface area contributed by atoms with Crippen molar-refractivity contribution in [3.63, 3.8) is 0 Å². The summed E-state index contributed by atoms with van der Waals surface area (Å²) in [6.45, 7) is 2.06. The van der Waals surface area contributed by atoms with Crippen LogP contribution in [0.25, 0.3) is 16.9 Å². The van der Waals surface area contributed by atoms with Crippen LogP contribution in [-0.2, 0) is 16.6 Å². The number of sulfonamides is 1. The first-order valence-corrected chi connectivity index (χ1v) is 12.9. The van der Waals surface area contributed by atoms with Crippen molar-refractivity contribution >= 4 is 10.0 Å². The van der Waals surface area contributed by atoms with E-state index in [1.807, 2.05) is 37.3 Å². The number of nitriles is 1. The van der Waals surface area contributed by atoms with E-state index < -0.39 is 15.8 Å². The molecule has 0 aliphatic heterocycles. The lowest BCUT2D eigenvalue weighted by Gasteiger charge is -2.20. The highest BCUT2D eigenvalue weighted by molar-refractivity contribution is 7.89. The topological polar surface area (TPSA) is 129 Å². The van der Waals surface area contributed by atoms with Gasteiger partial charge < -0.3 is 14.9 Å². The molecule has 0 fully saturated rings. The predicted octanol–water partition coefficient (Wildman–Crippen LogP) is 4.37. The lowest BCUT2D eigenvalue weighted by atomic mass is 10.1. The predicted molar refractivity (Wildman–Crippen MR) is 138 cm³/mol. The van der Waals surface area contributed by atoms with E-state index in [-0.39, 0.29) is 35.8 Å². The van der Waals surface area contributed by atoms with Crippen LogP contribution in [0.15, 0.2) is 77.8 Å². The van der Waals surface area contributed by atoms with Crippen LogP contribution >= 0.6 is 0 Å². The second-order valence-corrected chi connectivity index (χ2v) is 10.4. The van der Waals surface area contributed by atoms with Crippen molar-refractivity contribution in [2.24, 2.45) is 0 Å². The van der Waals surface area contributed by atoms with E-state index in [0.717, 1.165) is 21.6 Å². The van der Waals surface area contributed by atoms with Gasteiger partial charge in [0.05, 0.1) is 30.1 Å². The minimum absolute atomic E-state index is 0.0398. The number of benzene rings is 3. The van der Waals surface area contributed by atoms with Crippen LogP contribution in [0, 0.1) is 18.3 Å². The molecule has 4 aromatic rings. The number of ether oxygens (including phenoxy) is 1. The fourth-order valence-corrected chi connectivity index (χ4v) is 5.18. The first-order chi connectivity index (χ1) is 17.7. The van der Waals surface area contributed by atoms with Crippen molar-refractivity contribution in [3.05, 3.63) is 84.1 Å². The summed E-state index contributed by atoms with van der Waals surface area (Å²) in [5.74, 6) is -0.392. The summed E-state index contributed by atoms with van der Waals surface area (Å²) in [7, 11) is -2.80. The molecule has 37 heavy (non-hydrogen) atoms. The molecule has 3 aromatic carbocycles. The Balaban J connectivity index is 1.71. The number of aromatic hydroxyl groups is 2. The third-order valence-corrected chi connectivity index (χ3v) is 7.70. The molecule has 0 bridgehead atoms. The van der Waals surface area contributed by atoms with Gasteiger partial charge in [-0.3, -0.25) is 0 Å². The van der Waals surface area contributed by atoms with Gasteiger partial charge in [0.15, 0.2) is 0 Å². The summed E-state index contributed by atoms with van der Waals surface area (Å²) in [6, 6.07) is 20.4. The second-order valence-electron chi connectivity index (χ2n) is 8.38. The van der Waals surface area contributed by atoms with E-state index in [9.17, 15) is 18.6 Å². The van der Waals surface area contributed by atoms with Crippen LogP contribution in [0.5, 0.6) is 17.2 Å². The van der Waals surface area contributed by atoms with E-state index in [0.29, 0.717) is 17.0 Å². The molecule has 1 heterocycles. The number of nitrogens with zero attached hydrogens (tertiary/aromatic N) is 4. The second kappa shape index (κ2) is 10.7. The molecule has 0 atom stereocenters. The Morgan fingerprint density at radius 2 is 1.78 bits per heavy atom. The number of aromatic nitrogens is 2. The maximum Gasteiger partial charge on any atom is 0.246 e. The molecular weight excluding hydrogens is 492 g/mol. The molecule has 1 aromatic heterocycles. The highest BCUT2D eigenvalue weighted by Gasteiger charge is 2.28. The van der Waals surface area contributed by atoms with Crippen molar-refractivity contribution < 1.29 is 23.4 Å². The van der Waals surface area contributed by atoms with Crippen molar-refractivity contribution in [3.8, 4) is 40.3 Å². The Hall–Kier alpha value is -4.33. The third-order valence-electron chi connectivity index (χ3n) is 5.86. The minimum atomic E-state index is -4.19. The number of rotatable bonds is 9. The molecular formula is C27H26N4O5S. The van der Waals surface area contributed by atoms with Crippen LogP contribution in [0.2, 0.25) is 0 Å². The summed E-state index contributed by atoms with van der Waals surface area (Å²) >= 11 is 0. The van der Waals surface area contributed by atoms with E-state index in [1.54, 1.807) is 41.2 Å². The zero-order valence-electron chi connectivity index (χ0n) is 20.4. The average molecular weight is 519 g/mol. The normalized spacial score (nSPS) is 11.4. The molecule has 0 spiro atoms. The number of phenols is 2. The Labute approximate surface area is 215 Å². The molecule has 190 valence electrons. The Morgan fingerprint density at radius 3 is 2.54 bits per heavy atom. The largest absolute Gasteiger partial charge is 0.507 e. The zero-order chi connectivity index (χ0) is 26.6. The van der Waals surface area contributed by atoms with Gasteiger partial charge in [0, 0.05) is 30.8 Å². The van der Waals surface area contributed by atoms with Gasteiger partial charge in [0.25, 0.3) is 0 Å². The van der Waals surface area contributed by atoms with Gasteiger partial charge in [-0.15, -0.1) is 0 Å². The van der Waals surface area contributed by atoms with Gasteiger partial charge in [0.2, 0.25) is 10.0 Å². The number of hydrogen-bond donors (Lipinski definition) is 2. The van der Waals surface area contributed by atoms with E-state index in [2.05, 4.69) is 5.10 Å². The highest BCUT2D eigenvalue weighted by Crippen LogP contribution is 2.39. The molecule has 0 aliphatic rings. The number of aryl methyl sites for hydroxylation is 1. The van der Waals surface area contributed by atoms with Gasteiger partial charge in [-0.1, -0.05) is 36.4 Å². The lowest BCUT2D eigenvalue weighted by Crippen LogP contribution is -2.27. The highest BCUT2D eigenvalue weighted by atomic mass is 32.2. The lowest BCUT2D eigenvalue weighted by molar-refractivity contribution is 0.319. The molecule has 0 aliphatic carbocycles. The Bertz CT molecular complexity index is 1570. The van der Waals surface area contributed by atoms with Gasteiger partial charge in [0.1, 0.15) is 28.8 Å². The van der Waals surface area contributed by atoms with Gasteiger partial charge in [-0.25, -0.2) is 13.1 Å². The summed E-state index contributed by atoms with van der Waals surface area (Å²) in [6.07, 6.45) is 1.75. The quantitative estimate of drug-likeness (QED) is 0.315. The maximum atomic E-state index is 13.5. The Morgan fingerprint density at radius 1 is 1.05 bits per heavy atom. The molecule has 4 rings (SSSR count). The van der Waals surface area contributed by atoms with Crippen LogP contribution in [0.4, 0.5) is 0 Å². The molecule has 9 nitrogen and oxygen atoms in total. The molecule has 2 N–H and O–H groups in total. The standard InChI is InChI=1S/C27H26N4O5S/c1-19-8-3-5-10-22(19)31-23(12-14-29-31)21-16-27(25(33)17-24(21)32)37(34,35)30(2)18-20-9-4-6-11-26(20)36-15-7-13-28/h3-6,8-12,14,16-17,32-33H,7,15,18H2,1-2H3. The van der Waals surface area contributed by atoms with Gasteiger partial charge >= 0.3 is 0 Å². The average Bonchev–Trinajstić information content (AvgIpc) is 3.34. The molecule has 0 radical (unpaired) electrons.